The van der Waals surface area contributed by atoms with Gasteiger partial charge in [0.25, 0.3) is 10.0 Å². The number of nitrogens with zero attached hydrogens (tertiary/aromatic N) is 3. The maximum Gasteiger partial charge on any atom is 0.252 e. The number of sulfonamides is 1. The van der Waals surface area contributed by atoms with Crippen molar-refractivity contribution >= 4 is 37.1 Å². The molecule has 2 aliphatic heterocycles. The third kappa shape index (κ3) is 5.32. The van der Waals surface area contributed by atoms with Gasteiger partial charge < -0.3 is 4.90 Å². The van der Waals surface area contributed by atoms with Crippen molar-refractivity contribution in [2.24, 2.45) is 5.92 Å². The fraction of sp³-hybridized carbons (Fsp3) is 0.706. The largest absolute Gasteiger partial charge is 0.340 e. The van der Waals surface area contributed by atoms with Crippen LogP contribution in [0.25, 0.3) is 0 Å². The molecule has 11 heteroatoms. The summed E-state index contributed by atoms with van der Waals surface area (Å²) in [5.41, 5.74) is 0. The van der Waals surface area contributed by atoms with Gasteiger partial charge >= 0.3 is 0 Å². The molecule has 2 saturated heterocycles. The first-order valence-electron chi connectivity index (χ1n) is 9.39. The predicted molar refractivity (Wildman–Crippen MR) is 109 cm³/mol. The summed E-state index contributed by atoms with van der Waals surface area (Å²) in [5, 5.41) is 1.75. The summed E-state index contributed by atoms with van der Waals surface area (Å²) in [6.07, 6.45) is 2.31. The van der Waals surface area contributed by atoms with Crippen LogP contribution in [0.15, 0.2) is 21.7 Å². The Hall–Kier alpha value is -1.01. The van der Waals surface area contributed by atoms with Gasteiger partial charge in [0, 0.05) is 58.0 Å². The number of rotatable bonds is 6. The van der Waals surface area contributed by atoms with Gasteiger partial charge in [-0.2, -0.15) is 4.31 Å². The molecule has 158 valence electrons. The van der Waals surface area contributed by atoms with E-state index in [1.165, 1.54) is 21.9 Å². The maximum atomic E-state index is 12.8. The summed E-state index contributed by atoms with van der Waals surface area (Å²) >= 11 is 1.21. The van der Waals surface area contributed by atoms with E-state index in [4.69, 9.17) is 0 Å². The van der Waals surface area contributed by atoms with Crippen LogP contribution in [0.1, 0.15) is 12.8 Å². The summed E-state index contributed by atoms with van der Waals surface area (Å²) in [7, 11) is -6.43. The minimum absolute atomic E-state index is 0.0935. The molecule has 2 fully saturated rings. The van der Waals surface area contributed by atoms with Crippen molar-refractivity contribution in [3.05, 3.63) is 17.5 Å². The van der Waals surface area contributed by atoms with Crippen molar-refractivity contribution in [2.75, 3.05) is 57.8 Å². The number of thiophene rings is 1. The predicted octanol–water partition coefficient (Wildman–Crippen LogP) is 0.338. The Morgan fingerprint density at radius 3 is 2.25 bits per heavy atom. The molecule has 0 aliphatic carbocycles. The standard InChI is InChI=1S/C17H27N3O5S3/c1-27(22,23)14-12-18-8-10-19(11-9-18)17(21)15-4-6-20(7-5-15)28(24,25)16-3-2-13-26-16/h2-3,13,15H,4-12,14H2,1H3. The minimum atomic E-state index is -3.45. The van der Waals surface area contributed by atoms with Crippen molar-refractivity contribution in [3.63, 3.8) is 0 Å². The molecular weight excluding hydrogens is 422 g/mol. The maximum absolute atomic E-state index is 12.8. The van der Waals surface area contributed by atoms with Gasteiger partial charge in [-0.15, -0.1) is 11.3 Å². The Kier molecular flexibility index (Phi) is 6.80. The normalized spacial score (nSPS) is 21.1. The minimum Gasteiger partial charge on any atom is -0.340 e. The highest BCUT2D eigenvalue weighted by molar-refractivity contribution is 7.91. The van der Waals surface area contributed by atoms with Crippen LogP contribution in [0.4, 0.5) is 0 Å². The average Bonchev–Trinajstić information content (AvgIpc) is 3.21. The van der Waals surface area contributed by atoms with Gasteiger partial charge in [-0.1, -0.05) is 6.07 Å². The first-order chi connectivity index (χ1) is 13.2. The van der Waals surface area contributed by atoms with Crippen molar-refractivity contribution in [1.82, 2.24) is 14.1 Å². The summed E-state index contributed by atoms with van der Waals surface area (Å²) in [5.74, 6) is 0.0891. The molecule has 0 saturated carbocycles. The molecule has 0 atom stereocenters. The zero-order valence-corrected chi connectivity index (χ0v) is 18.4. The van der Waals surface area contributed by atoms with E-state index in [1.807, 2.05) is 4.90 Å². The highest BCUT2D eigenvalue weighted by Crippen LogP contribution is 2.27. The molecular formula is C17H27N3O5S3. The second-order valence-electron chi connectivity index (χ2n) is 7.41. The molecule has 1 aromatic heterocycles. The molecule has 0 spiro atoms. The van der Waals surface area contributed by atoms with Crippen LogP contribution >= 0.6 is 11.3 Å². The molecule has 1 aromatic rings. The molecule has 0 aromatic carbocycles. The van der Waals surface area contributed by atoms with E-state index >= 15 is 0 Å². The van der Waals surface area contributed by atoms with Gasteiger partial charge in [-0.25, -0.2) is 16.8 Å². The monoisotopic (exact) mass is 449 g/mol. The molecule has 0 N–H and O–H groups in total. The van der Waals surface area contributed by atoms with Gasteiger partial charge in [0.2, 0.25) is 5.91 Å². The summed E-state index contributed by atoms with van der Waals surface area (Å²) in [6, 6.07) is 3.34. The van der Waals surface area contributed by atoms with Gasteiger partial charge in [-0.3, -0.25) is 9.69 Å². The summed E-state index contributed by atoms with van der Waals surface area (Å²) < 4.78 is 49.6. The molecule has 3 heterocycles. The molecule has 2 aliphatic rings. The first kappa shape index (κ1) is 21.7. The topological polar surface area (TPSA) is 95.1 Å². The van der Waals surface area contributed by atoms with Crippen LogP contribution in [0.3, 0.4) is 0 Å². The number of carbonyl (C=O) groups is 1. The lowest BCUT2D eigenvalue weighted by Crippen LogP contribution is -2.52. The molecule has 8 nitrogen and oxygen atoms in total. The number of sulfone groups is 1. The smallest absolute Gasteiger partial charge is 0.252 e. The second-order valence-corrected chi connectivity index (χ2v) is 12.8. The highest BCUT2D eigenvalue weighted by atomic mass is 32.2. The fourth-order valence-electron chi connectivity index (χ4n) is 3.63. The van der Waals surface area contributed by atoms with E-state index in [-0.39, 0.29) is 17.6 Å². The van der Waals surface area contributed by atoms with Gasteiger partial charge in [-0.05, 0) is 24.3 Å². The lowest BCUT2D eigenvalue weighted by molar-refractivity contribution is -0.138. The highest BCUT2D eigenvalue weighted by Gasteiger charge is 2.35. The van der Waals surface area contributed by atoms with E-state index in [1.54, 1.807) is 17.5 Å². The Morgan fingerprint density at radius 1 is 1.07 bits per heavy atom. The number of piperazine rings is 1. The van der Waals surface area contributed by atoms with E-state index in [2.05, 4.69) is 4.90 Å². The molecule has 0 unspecified atom stereocenters. The number of piperidine rings is 1. The Bertz CT molecular complexity index is 867. The SMILES string of the molecule is CS(=O)(=O)CCN1CCN(C(=O)C2CCN(S(=O)(=O)c3cccs3)CC2)CC1. The van der Waals surface area contributed by atoms with Crippen molar-refractivity contribution in [3.8, 4) is 0 Å². The van der Waals surface area contributed by atoms with Crippen LogP contribution < -0.4 is 0 Å². The third-order valence-corrected chi connectivity index (χ3v) is 9.55. The lowest BCUT2D eigenvalue weighted by Gasteiger charge is -2.38. The van der Waals surface area contributed by atoms with Gasteiger partial charge in [0.05, 0.1) is 5.75 Å². The van der Waals surface area contributed by atoms with E-state index in [9.17, 15) is 21.6 Å². The molecule has 28 heavy (non-hydrogen) atoms. The quantitative estimate of drug-likeness (QED) is 0.621. The number of hydrogen-bond donors (Lipinski definition) is 0. The zero-order chi connectivity index (χ0) is 20.4. The lowest BCUT2D eigenvalue weighted by atomic mass is 9.96. The molecule has 3 rings (SSSR count). The number of hydrogen-bond acceptors (Lipinski definition) is 7. The van der Waals surface area contributed by atoms with Crippen LogP contribution in [0, 0.1) is 5.92 Å². The number of amides is 1. The van der Waals surface area contributed by atoms with Gasteiger partial charge in [0.1, 0.15) is 14.0 Å². The van der Waals surface area contributed by atoms with Crippen LogP contribution in [0.5, 0.6) is 0 Å². The van der Waals surface area contributed by atoms with Crippen molar-refractivity contribution < 1.29 is 21.6 Å². The summed E-state index contributed by atoms with van der Waals surface area (Å²) in [4.78, 5) is 16.7. The first-order valence-corrected chi connectivity index (χ1v) is 13.8. The van der Waals surface area contributed by atoms with Crippen LogP contribution in [-0.2, 0) is 24.7 Å². The Morgan fingerprint density at radius 2 is 1.71 bits per heavy atom. The third-order valence-electron chi connectivity index (χ3n) is 5.35. The van der Waals surface area contributed by atoms with E-state index < -0.39 is 19.9 Å². The molecule has 0 radical (unpaired) electrons. The van der Waals surface area contributed by atoms with Crippen LogP contribution in [-0.4, -0.2) is 94.7 Å². The molecule has 1 amide bonds. The van der Waals surface area contributed by atoms with Gasteiger partial charge in [0.15, 0.2) is 0 Å². The van der Waals surface area contributed by atoms with Crippen molar-refractivity contribution in [1.29, 1.82) is 0 Å². The van der Waals surface area contributed by atoms with E-state index in [0.29, 0.717) is 62.9 Å². The zero-order valence-electron chi connectivity index (χ0n) is 16.0. The average molecular weight is 450 g/mol. The fourth-order valence-corrected chi connectivity index (χ4v) is 6.83. The molecule has 0 bridgehead atoms. The number of carbonyl (C=O) groups excluding carboxylic acids is 1. The van der Waals surface area contributed by atoms with Crippen LogP contribution in [0.2, 0.25) is 0 Å². The Balaban J connectivity index is 1.47. The summed E-state index contributed by atoms with van der Waals surface area (Å²) in [6.45, 7) is 3.77. The van der Waals surface area contributed by atoms with Crippen molar-refractivity contribution in [2.45, 2.75) is 17.1 Å². The van der Waals surface area contributed by atoms with E-state index in [0.717, 1.165) is 0 Å². The Labute approximate surface area is 171 Å². The second kappa shape index (κ2) is 8.78.